The predicted octanol–water partition coefficient (Wildman–Crippen LogP) is 3.12. The molecule has 0 saturated carbocycles. The third kappa shape index (κ3) is 3.56. The van der Waals surface area contributed by atoms with E-state index in [0.29, 0.717) is 11.1 Å². The fraction of sp³-hybridized carbons (Fsp3) is 0.118. The Morgan fingerprint density at radius 1 is 1.22 bits per heavy atom. The van der Waals surface area contributed by atoms with Gasteiger partial charge >= 0.3 is 0 Å². The molecule has 1 aromatic carbocycles. The molecule has 0 aliphatic heterocycles. The molecule has 0 aliphatic rings. The number of nitrogens with zero attached hydrogens (tertiary/aromatic N) is 3. The molecule has 0 spiro atoms. The highest BCUT2D eigenvalue weighted by molar-refractivity contribution is 7.90. The maximum Gasteiger partial charge on any atom is 0.252 e. The molecule has 2 heterocycles. The van der Waals surface area contributed by atoms with Crippen LogP contribution in [0.5, 0.6) is 0 Å². The number of rotatable bonds is 4. The number of sulfone groups is 1. The smallest absolute Gasteiger partial charge is 0.252 e. The van der Waals surface area contributed by atoms with Crippen LogP contribution >= 0.6 is 11.6 Å². The van der Waals surface area contributed by atoms with Gasteiger partial charge in [-0.2, -0.15) is 5.12 Å². The third-order valence-electron chi connectivity index (χ3n) is 3.91. The van der Waals surface area contributed by atoms with Gasteiger partial charge in [-0.25, -0.2) is 8.42 Å². The first kappa shape index (κ1) is 19.0. The van der Waals surface area contributed by atoms with E-state index in [1.807, 2.05) is 0 Å². The number of aryl methyl sites for hydroxylation is 1. The van der Waals surface area contributed by atoms with Crippen LogP contribution in [-0.4, -0.2) is 30.5 Å². The van der Waals surface area contributed by atoms with E-state index >= 15 is 4.48 Å². The van der Waals surface area contributed by atoms with Gasteiger partial charge in [0.2, 0.25) is 0 Å². The lowest BCUT2D eigenvalue weighted by molar-refractivity contribution is 0.1000. The largest absolute Gasteiger partial charge is 0.365 e. The van der Waals surface area contributed by atoms with E-state index in [4.69, 9.17) is 17.3 Å². The lowest BCUT2D eigenvalue weighted by Crippen LogP contribution is -2.17. The first-order valence-electron chi connectivity index (χ1n) is 7.59. The van der Waals surface area contributed by atoms with Crippen molar-refractivity contribution in [1.29, 1.82) is 0 Å². The fourth-order valence-corrected chi connectivity index (χ4v) is 3.57. The zero-order valence-corrected chi connectivity index (χ0v) is 15.8. The molecule has 10 heteroatoms. The summed E-state index contributed by atoms with van der Waals surface area (Å²) < 4.78 is 39.3. The Kier molecular flexibility index (Phi) is 4.75. The molecular formula is C17H14ClFN4O3S. The van der Waals surface area contributed by atoms with Gasteiger partial charge in [0.05, 0.1) is 38.6 Å². The number of nitrogens with two attached hydrogens (primary N) is 1. The molecular weight excluding hydrogens is 395 g/mol. The Bertz CT molecular complexity index is 1180. The van der Waals surface area contributed by atoms with Gasteiger partial charge in [0.25, 0.3) is 5.91 Å². The van der Waals surface area contributed by atoms with Crippen LogP contribution in [0.2, 0.25) is 5.02 Å². The van der Waals surface area contributed by atoms with Crippen LogP contribution in [-0.2, 0) is 9.84 Å². The average Bonchev–Trinajstić information content (AvgIpc) is 2.59. The van der Waals surface area contributed by atoms with Crippen molar-refractivity contribution in [3.8, 4) is 0 Å². The molecule has 1 amide bonds. The normalized spacial score (nSPS) is 11.6. The van der Waals surface area contributed by atoms with E-state index in [-0.39, 0.29) is 37.4 Å². The van der Waals surface area contributed by atoms with Crippen molar-refractivity contribution >= 4 is 49.6 Å². The summed E-state index contributed by atoms with van der Waals surface area (Å²) in [6.45, 7) is 1.64. The van der Waals surface area contributed by atoms with Crippen LogP contribution in [0, 0.1) is 6.92 Å². The number of aromatic nitrogens is 2. The number of carbonyl (C=O) groups is 1. The zero-order chi connectivity index (χ0) is 19.9. The zero-order valence-electron chi connectivity index (χ0n) is 14.3. The Labute approximate surface area is 159 Å². The van der Waals surface area contributed by atoms with E-state index in [2.05, 4.69) is 9.97 Å². The molecule has 0 unspecified atom stereocenters. The highest BCUT2D eigenvalue weighted by Crippen LogP contribution is 2.37. The van der Waals surface area contributed by atoms with Crippen molar-refractivity contribution in [3.05, 3.63) is 52.9 Å². The molecule has 0 bridgehead atoms. The highest BCUT2D eigenvalue weighted by atomic mass is 35.5. The Hall–Kier alpha value is -2.78. The van der Waals surface area contributed by atoms with Crippen LogP contribution in [0.3, 0.4) is 0 Å². The van der Waals surface area contributed by atoms with Gasteiger partial charge in [0, 0.05) is 24.0 Å². The quantitative estimate of drug-likeness (QED) is 0.665. The minimum absolute atomic E-state index is 0.0326. The van der Waals surface area contributed by atoms with E-state index in [1.54, 1.807) is 6.92 Å². The number of hydrogen-bond donors (Lipinski definition) is 1. The van der Waals surface area contributed by atoms with Crippen molar-refractivity contribution in [3.63, 3.8) is 0 Å². The monoisotopic (exact) mass is 408 g/mol. The lowest BCUT2D eigenvalue weighted by Gasteiger charge is -2.19. The SMILES string of the molecule is Cc1cc(S(C)(=O)=O)cc2c(N(F)c3cncc(Cl)c3)c(C(N)=O)cnc12. The van der Waals surface area contributed by atoms with Crippen LogP contribution in [0.1, 0.15) is 15.9 Å². The number of fused-ring (bicyclic) bond motifs is 1. The molecule has 2 N–H and O–H groups in total. The molecule has 0 atom stereocenters. The summed E-state index contributed by atoms with van der Waals surface area (Å²) in [5.41, 5.74) is 5.72. The Morgan fingerprint density at radius 3 is 2.52 bits per heavy atom. The highest BCUT2D eigenvalue weighted by Gasteiger charge is 2.23. The topological polar surface area (TPSA) is 106 Å². The van der Waals surface area contributed by atoms with Gasteiger partial charge in [0.1, 0.15) is 0 Å². The van der Waals surface area contributed by atoms with E-state index < -0.39 is 15.7 Å². The van der Waals surface area contributed by atoms with Crippen LogP contribution in [0.25, 0.3) is 10.9 Å². The summed E-state index contributed by atoms with van der Waals surface area (Å²) in [4.78, 5) is 19.8. The third-order valence-corrected chi connectivity index (χ3v) is 5.21. The maximum atomic E-state index is 15.3. The van der Waals surface area contributed by atoms with Crippen molar-refractivity contribution in [1.82, 2.24) is 9.97 Å². The molecule has 2 aromatic heterocycles. The summed E-state index contributed by atoms with van der Waals surface area (Å²) in [5, 5.41) is 0.491. The van der Waals surface area contributed by atoms with Crippen LogP contribution < -0.4 is 10.9 Å². The molecule has 0 radical (unpaired) electrons. The van der Waals surface area contributed by atoms with E-state index in [9.17, 15) is 13.2 Å². The van der Waals surface area contributed by atoms with Crippen molar-refractivity contribution in [2.45, 2.75) is 11.8 Å². The van der Waals surface area contributed by atoms with Gasteiger partial charge in [-0.15, -0.1) is 0 Å². The number of benzene rings is 1. The number of halogens is 2. The number of amides is 1. The van der Waals surface area contributed by atoms with Crippen molar-refractivity contribution in [2.24, 2.45) is 5.73 Å². The Morgan fingerprint density at radius 2 is 1.93 bits per heavy atom. The van der Waals surface area contributed by atoms with Gasteiger partial charge in [-0.05, 0) is 30.7 Å². The second kappa shape index (κ2) is 6.75. The van der Waals surface area contributed by atoms with Crippen LogP contribution in [0.4, 0.5) is 15.9 Å². The first-order valence-corrected chi connectivity index (χ1v) is 9.86. The lowest BCUT2D eigenvalue weighted by atomic mass is 10.1. The minimum Gasteiger partial charge on any atom is -0.365 e. The summed E-state index contributed by atoms with van der Waals surface area (Å²) in [5.74, 6) is -0.917. The van der Waals surface area contributed by atoms with Crippen molar-refractivity contribution in [2.75, 3.05) is 11.4 Å². The average molecular weight is 409 g/mol. The summed E-state index contributed by atoms with van der Waals surface area (Å²) in [7, 11) is -3.58. The fourth-order valence-electron chi connectivity index (χ4n) is 2.68. The van der Waals surface area contributed by atoms with Gasteiger partial charge in [-0.3, -0.25) is 14.8 Å². The standard InChI is InChI=1S/C17H14ClFN4O3S/c1-9-3-12(27(2,25)26)5-13-15(9)22-8-14(17(20)24)16(13)23(19)11-4-10(18)6-21-7-11/h3-8H,1-2H3,(H2,20,24). The van der Waals surface area contributed by atoms with Gasteiger partial charge in [0.15, 0.2) is 9.84 Å². The molecule has 140 valence electrons. The summed E-state index contributed by atoms with van der Waals surface area (Å²) >= 11 is 5.87. The van der Waals surface area contributed by atoms with Crippen LogP contribution in [0.15, 0.2) is 41.7 Å². The first-order chi connectivity index (χ1) is 12.6. The summed E-state index contributed by atoms with van der Waals surface area (Å²) in [6, 6.07) is 4.00. The molecule has 3 aromatic rings. The molecule has 0 fully saturated rings. The summed E-state index contributed by atoms with van der Waals surface area (Å²) in [6.07, 6.45) is 4.71. The second-order valence-corrected chi connectivity index (χ2v) is 8.39. The van der Waals surface area contributed by atoms with Crippen molar-refractivity contribution < 1.29 is 17.7 Å². The molecule has 27 heavy (non-hydrogen) atoms. The number of carbonyl (C=O) groups excluding carboxylic acids is 1. The maximum absolute atomic E-state index is 15.3. The molecule has 7 nitrogen and oxygen atoms in total. The van der Waals surface area contributed by atoms with Gasteiger partial charge in [-0.1, -0.05) is 16.1 Å². The predicted molar refractivity (Wildman–Crippen MR) is 101 cm³/mol. The molecule has 0 aliphatic carbocycles. The number of anilines is 2. The number of hydrogen-bond acceptors (Lipinski definition) is 6. The van der Waals surface area contributed by atoms with E-state index in [1.165, 1.54) is 30.6 Å². The van der Waals surface area contributed by atoms with Gasteiger partial charge < -0.3 is 5.73 Å². The molecule has 3 rings (SSSR count). The number of pyridine rings is 2. The minimum atomic E-state index is -3.58. The number of primary amides is 1. The second-order valence-electron chi connectivity index (χ2n) is 5.94. The molecule has 0 saturated heterocycles. The Balaban J connectivity index is 2.41. The van der Waals surface area contributed by atoms with E-state index in [0.717, 1.165) is 12.5 Å².